The molecular weight excluding hydrogens is 581 g/mol. The molecule has 0 saturated heterocycles. The van der Waals surface area contributed by atoms with Gasteiger partial charge < -0.3 is 0 Å². The number of rotatable bonds is 6. The molecule has 0 bridgehead atoms. The van der Waals surface area contributed by atoms with Crippen molar-refractivity contribution in [1.82, 2.24) is 0 Å². The SMILES string of the molecule is CC(C)C1=Cc2c(-c3cccc4ccccc34)cccc2C1[Si](C)(C)C1C(C(C)C)=Cc2c(-c3cccc4ccccc34)cccc21. The van der Waals surface area contributed by atoms with Gasteiger partial charge in [0.25, 0.3) is 0 Å². The van der Waals surface area contributed by atoms with Gasteiger partial charge in [0.2, 0.25) is 0 Å². The van der Waals surface area contributed by atoms with Gasteiger partial charge in [-0.2, -0.15) is 0 Å². The fraction of sp³-hybridized carbons (Fsp3) is 0.217. The zero-order valence-electron chi connectivity index (χ0n) is 28.5. The van der Waals surface area contributed by atoms with Gasteiger partial charge in [-0.15, -0.1) is 0 Å². The van der Waals surface area contributed by atoms with Gasteiger partial charge >= 0.3 is 0 Å². The predicted octanol–water partition coefficient (Wildman–Crippen LogP) is 13.1. The lowest BCUT2D eigenvalue weighted by Crippen LogP contribution is -2.44. The average molecular weight is 625 g/mol. The first-order valence-corrected chi connectivity index (χ1v) is 20.6. The van der Waals surface area contributed by atoms with Crippen molar-refractivity contribution in [2.75, 3.05) is 0 Å². The molecule has 2 aliphatic rings. The van der Waals surface area contributed by atoms with E-state index < -0.39 is 8.07 Å². The van der Waals surface area contributed by atoms with Crippen LogP contribution < -0.4 is 0 Å². The smallest absolute Gasteiger partial charge is 0.0679 e. The summed E-state index contributed by atoms with van der Waals surface area (Å²) in [6, 6.07) is 45.5. The van der Waals surface area contributed by atoms with Gasteiger partial charge in [0.15, 0.2) is 0 Å². The second kappa shape index (κ2) is 11.4. The summed E-state index contributed by atoms with van der Waals surface area (Å²) in [7, 11) is -2.08. The summed E-state index contributed by atoms with van der Waals surface area (Å²) >= 11 is 0. The summed E-state index contributed by atoms with van der Waals surface area (Å²) < 4.78 is 0. The van der Waals surface area contributed by atoms with Gasteiger partial charge in [-0.25, -0.2) is 0 Å². The van der Waals surface area contributed by atoms with Crippen molar-refractivity contribution >= 4 is 41.8 Å². The molecule has 6 aromatic rings. The molecule has 2 atom stereocenters. The van der Waals surface area contributed by atoms with Crippen molar-refractivity contribution in [3.8, 4) is 22.3 Å². The molecule has 2 aliphatic carbocycles. The van der Waals surface area contributed by atoms with E-state index in [-0.39, 0.29) is 0 Å². The van der Waals surface area contributed by atoms with Crippen LogP contribution in [0.3, 0.4) is 0 Å². The van der Waals surface area contributed by atoms with E-state index in [2.05, 4.69) is 174 Å². The number of benzene rings is 6. The Morgan fingerprint density at radius 2 is 0.787 bits per heavy atom. The summed E-state index contributed by atoms with van der Waals surface area (Å²) in [6.45, 7) is 15.0. The Labute approximate surface area is 281 Å². The zero-order chi connectivity index (χ0) is 32.4. The molecule has 8 rings (SSSR count). The lowest BCUT2D eigenvalue weighted by atomic mass is 9.93. The molecule has 2 unspecified atom stereocenters. The van der Waals surface area contributed by atoms with Gasteiger partial charge in [-0.3, -0.25) is 0 Å². The quantitative estimate of drug-likeness (QED) is 0.162. The summed E-state index contributed by atoms with van der Waals surface area (Å²) in [4.78, 5) is 0. The van der Waals surface area contributed by atoms with Gasteiger partial charge in [-0.1, -0.05) is 185 Å². The molecule has 0 aromatic heterocycles. The lowest BCUT2D eigenvalue weighted by Gasteiger charge is -2.41. The summed E-state index contributed by atoms with van der Waals surface area (Å²) in [6.07, 6.45) is 5.19. The van der Waals surface area contributed by atoms with E-state index >= 15 is 0 Å². The molecule has 1 heteroatoms. The first-order chi connectivity index (χ1) is 22.8. The third-order valence-electron chi connectivity index (χ3n) is 11.2. The standard InChI is InChI=1S/C46H44Si/c1-29(2)41-27-43-37(35-21-11-17-31-15-7-9-19-33(31)35)23-13-25-39(43)45(41)47(5,6)46-40-26-14-24-38(44(40)28-42(46)30(3)4)36-22-12-18-32-16-8-10-20-34(32)36/h7-30,45-46H,1-6H3. The highest BCUT2D eigenvalue weighted by atomic mass is 28.3. The van der Waals surface area contributed by atoms with Gasteiger partial charge in [0.1, 0.15) is 0 Å². The van der Waals surface area contributed by atoms with Crippen molar-refractivity contribution in [3.05, 3.63) is 155 Å². The van der Waals surface area contributed by atoms with Crippen LogP contribution >= 0.6 is 0 Å². The first-order valence-electron chi connectivity index (χ1n) is 17.4. The molecule has 0 N–H and O–H groups in total. The lowest BCUT2D eigenvalue weighted by molar-refractivity contribution is 0.709. The van der Waals surface area contributed by atoms with Crippen LogP contribution in [0.2, 0.25) is 13.1 Å². The second-order valence-corrected chi connectivity index (χ2v) is 19.8. The van der Waals surface area contributed by atoms with Crippen molar-refractivity contribution in [2.24, 2.45) is 11.8 Å². The predicted molar refractivity (Wildman–Crippen MR) is 207 cm³/mol. The third-order valence-corrected chi connectivity index (χ3v) is 15.4. The van der Waals surface area contributed by atoms with E-state index in [1.165, 1.54) is 66.1 Å². The highest BCUT2D eigenvalue weighted by Gasteiger charge is 2.49. The minimum Gasteiger partial charge on any atom is -0.0679 e. The highest BCUT2D eigenvalue weighted by Crippen LogP contribution is 2.57. The second-order valence-electron chi connectivity index (χ2n) is 15.0. The molecule has 0 fully saturated rings. The molecule has 0 nitrogen and oxygen atoms in total. The maximum atomic E-state index is 2.69. The van der Waals surface area contributed by atoms with Crippen LogP contribution in [-0.4, -0.2) is 8.07 Å². The Kier molecular flexibility index (Phi) is 7.22. The van der Waals surface area contributed by atoms with Crippen LogP contribution in [0, 0.1) is 11.8 Å². The Morgan fingerprint density at radius 3 is 1.21 bits per heavy atom. The van der Waals surface area contributed by atoms with Gasteiger partial charge in [0.05, 0.1) is 8.07 Å². The number of hydrogen-bond acceptors (Lipinski definition) is 0. The zero-order valence-corrected chi connectivity index (χ0v) is 29.5. The van der Waals surface area contributed by atoms with Crippen LogP contribution in [-0.2, 0) is 0 Å². The number of hydrogen-bond donors (Lipinski definition) is 0. The van der Waals surface area contributed by atoms with Crippen molar-refractivity contribution in [1.29, 1.82) is 0 Å². The van der Waals surface area contributed by atoms with E-state index in [9.17, 15) is 0 Å². The van der Waals surface area contributed by atoms with Crippen LogP contribution in [0.1, 0.15) is 61.0 Å². The first kappa shape index (κ1) is 29.9. The fourth-order valence-electron chi connectivity index (χ4n) is 9.07. The topological polar surface area (TPSA) is 0 Å². The summed E-state index contributed by atoms with van der Waals surface area (Å²) in [5.74, 6) is 0.961. The third kappa shape index (κ3) is 4.70. The van der Waals surface area contributed by atoms with E-state index in [1.54, 1.807) is 11.1 Å². The Bertz CT molecular complexity index is 2070. The van der Waals surface area contributed by atoms with E-state index in [4.69, 9.17) is 0 Å². The molecule has 0 radical (unpaired) electrons. The summed E-state index contributed by atoms with van der Waals surface area (Å²) in [5, 5.41) is 5.27. The largest absolute Gasteiger partial charge is 0.0722 e. The Hall–Kier alpha value is -4.46. The highest BCUT2D eigenvalue weighted by molar-refractivity contribution is 6.81. The molecule has 6 aromatic carbocycles. The van der Waals surface area contributed by atoms with E-state index in [0.717, 1.165) is 0 Å². The molecule has 0 spiro atoms. The van der Waals surface area contributed by atoms with Crippen LogP contribution in [0.4, 0.5) is 0 Å². The Balaban J connectivity index is 1.30. The Morgan fingerprint density at radius 1 is 0.426 bits per heavy atom. The normalized spacial score (nSPS) is 17.4. The van der Waals surface area contributed by atoms with Gasteiger partial charge in [-0.05, 0) is 77.9 Å². The van der Waals surface area contributed by atoms with Crippen LogP contribution in [0.5, 0.6) is 0 Å². The van der Waals surface area contributed by atoms with E-state index in [1.807, 2.05) is 0 Å². The minimum absolute atomic E-state index is 0.451. The molecule has 0 saturated carbocycles. The average Bonchev–Trinajstić information content (AvgIpc) is 3.69. The van der Waals surface area contributed by atoms with Crippen molar-refractivity contribution < 1.29 is 0 Å². The molecular formula is C46H44Si. The number of allylic oxidation sites excluding steroid dienone is 2. The van der Waals surface area contributed by atoms with Crippen LogP contribution in [0.25, 0.3) is 56.0 Å². The number of fused-ring (bicyclic) bond motifs is 4. The maximum absolute atomic E-state index is 2.69. The molecule has 47 heavy (non-hydrogen) atoms. The molecule has 232 valence electrons. The van der Waals surface area contributed by atoms with Crippen molar-refractivity contribution in [2.45, 2.75) is 51.9 Å². The van der Waals surface area contributed by atoms with Crippen LogP contribution in [0.15, 0.2) is 132 Å². The van der Waals surface area contributed by atoms with Gasteiger partial charge in [0, 0.05) is 11.1 Å². The summed E-state index contributed by atoms with van der Waals surface area (Å²) in [5.41, 5.74) is 15.5. The monoisotopic (exact) mass is 624 g/mol. The maximum Gasteiger partial charge on any atom is 0.0722 e. The molecule has 0 heterocycles. The fourth-order valence-corrected chi connectivity index (χ4v) is 14.1. The minimum atomic E-state index is -2.08. The van der Waals surface area contributed by atoms with E-state index in [0.29, 0.717) is 22.9 Å². The molecule has 0 amide bonds. The van der Waals surface area contributed by atoms with Crippen molar-refractivity contribution in [3.63, 3.8) is 0 Å². The molecule has 0 aliphatic heterocycles.